The summed E-state index contributed by atoms with van der Waals surface area (Å²) in [6, 6.07) is 5.49. The summed E-state index contributed by atoms with van der Waals surface area (Å²) in [7, 11) is -1.08. The Labute approximate surface area is 152 Å². The number of halogens is 1. The molecule has 0 bridgehead atoms. The first-order valence-electron chi connectivity index (χ1n) is 7.93. The lowest BCUT2D eigenvalue weighted by Crippen LogP contribution is -2.23. The van der Waals surface area contributed by atoms with E-state index in [4.69, 9.17) is 4.52 Å². The third kappa shape index (κ3) is 3.70. The highest BCUT2D eigenvalue weighted by Gasteiger charge is 2.33. The maximum atomic E-state index is 13.0. The molecule has 0 aliphatic heterocycles. The molecule has 24 heavy (non-hydrogen) atoms. The van der Waals surface area contributed by atoms with Gasteiger partial charge in [-0.2, -0.15) is 0 Å². The van der Waals surface area contributed by atoms with Crippen molar-refractivity contribution in [1.29, 1.82) is 0 Å². The highest BCUT2D eigenvalue weighted by molar-refractivity contribution is 9.10. The monoisotopic (exact) mass is 409 g/mol. The zero-order valence-corrected chi connectivity index (χ0v) is 16.4. The van der Waals surface area contributed by atoms with Crippen LogP contribution in [0.4, 0.5) is 0 Å². The van der Waals surface area contributed by atoms with E-state index in [0.29, 0.717) is 28.6 Å². The van der Waals surface area contributed by atoms with Crippen LogP contribution in [0.15, 0.2) is 33.4 Å². The summed E-state index contributed by atoms with van der Waals surface area (Å²) in [5.74, 6) is 1.24. The Balaban J connectivity index is 1.96. The van der Waals surface area contributed by atoms with E-state index >= 15 is 0 Å². The number of carbonyl (C=O) groups excluding carboxylic acids is 1. The molecule has 0 radical (unpaired) electrons. The number of benzene rings is 1. The van der Waals surface area contributed by atoms with Gasteiger partial charge in [0.2, 0.25) is 0 Å². The Morgan fingerprint density at radius 3 is 2.67 bits per heavy atom. The minimum Gasteiger partial charge on any atom is -0.360 e. The molecule has 0 spiro atoms. The van der Waals surface area contributed by atoms with Crippen molar-refractivity contribution in [2.45, 2.75) is 50.0 Å². The molecule has 2 aromatic rings. The third-order valence-electron chi connectivity index (χ3n) is 4.07. The summed E-state index contributed by atoms with van der Waals surface area (Å²) in [4.78, 5) is 13.0. The van der Waals surface area contributed by atoms with E-state index in [-0.39, 0.29) is 10.5 Å². The normalized spacial score (nSPS) is 16.2. The van der Waals surface area contributed by atoms with Gasteiger partial charge < -0.3 is 4.52 Å². The molecule has 0 amide bonds. The fourth-order valence-corrected chi connectivity index (χ4v) is 3.83. The van der Waals surface area contributed by atoms with Crippen LogP contribution in [-0.4, -0.2) is 19.9 Å². The molecule has 0 N–H and O–H groups in total. The van der Waals surface area contributed by atoms with Gasteiger partial charge in [-0.3, -0.25) is 9.00 Å². The van der Waals surface area contributed by atoms with Crippen LogP contribution in [0.3, 0.4) is 0 Å². The Morgan fingerprint density at radius 1 is 1.33 bits per heavy atom. The second-order valence-corrected chi connectivity index (χ2v) is 10.2. The first-order valence-corrected chi connectivity index (χ1v) is 10.0. The molecule has 1 aromatic heterocycles. The summed E-state index contributed by atoms with van der Waals surface area (Å²) in [5, 5.41) is 3.81. The van der Waals surface area contributed by atoms with Gasteiger partial charge >= 0.3 is 0 Å². The number of rotatable bonds is 5. The Bertz CT molecular complexity index is 803. The highest BCUT2D eigenvalue weighted by atomic mass is 79.9. The van der Waals surface area contributed by atoms with Crippen LogP contribution in [0, 0.1) is 0 Å². The molecule has 1 atom stereocenters. The van der Waals surface area contributed by atoms with Gasteiger partial charge in [0, 0.05) is 37.3 Å². The van der Waals surface area contributed by atoms with Crippen LogP contribution >= 0.6 is 15.9 Å². The van der Waals surface area contributed by atoms with Gasteiger partial charge in [0.15, 0.2) is 11.5 Å². The van der Waals surface area contributed by atoms with Crippen LogP contribution in [0.5, 0.6) is 0 Å². The van der Waals surface area contributed by atoms with Crippen molar-refractivity contribution in [1.82, 2.24) is 5.16 Å². The highest BCUT2D eigenvalue weighted by Crippen LogP contribution is 2.42. The smallest absolute Gasteiger partial charge is 0.198 e. The van der Waals surface area contributed by atoms with Crippen molar-refractivity contribution in [3.8, 4) is 0 Å². The molecule has 4 nitrogen and oxygen atoms in total. The van der Waals surface area contributed by atoms with Gasteiger partial charge in [-0.25, -0.2) is 0 Å². The number of hydrogen-bond donors (Lipinski definition) is 0. The average Bonchev–Trinajstić information content (AvgIpc) is 3.23. The van der Waals surface area contributed by atoms with E-state index in [0.717, 1.165) is 22.9 Å². The van der Waals surface area contributed by atoms with Crippen molar-refractivity contribution in [2.24, 2.45) is 0 Å². The number of nitrogens with zero attached hydrogens (tertiary/aromatic N) is 1. The summed E-state index contributed by atoms with van der Waals surface area (Å²) < 4.78 is 18.4. The lowest BCUT2D eigenvalue weighted by Gasteiger charge is -2.19. The van der Waals surface area contributed by atoms with Gasteiger partial charge in [0.1, 0.15) is 0 Å². The van der Waals surface area contributed by atoms with E-state index in [9.17, 15) is 9.00 Å². The average molecular weight is 410 g/mol. The quantitative estimate of drug-likeness (QED) is 0.677. The molecule has 1 unspecified atom stereocenters. The molecule has 6 heteroatoms. The van der Waals surface area contributed by atoms with Gasteiger partial charge in [0.25, 0.3) is 0 Å². The minimum absolute atomic E-state index is 0.105. The fraction of sp³-hybridized carbons (Fsp3) is 0.444. The molecule has 128 valence electrons. The number of aromatic nitrogens is 1. The molecule has 3 rings (SSSR count). The minimum atomic E-state index is -1.08. The zero-order chi connectivity index (χ0) is 17.5. The van der Waals surface area contributed by atoms with Crippen molar-refractivity contribution < 1.29 is 13.5 Å². The molecule has 1 aliphatic rings. The van der Waals surface area contributed by atoms with Crippen LogP contribution in [-0.2, 0) is 16.6 Å². The zero-order valence-electron chi connectivity index (χ0n) is 14.0. The van der Waals surface area contributed by atoms with Crippen molar-refractivity contribution >= 4 is 32.5 Å². The van der Waals surface area contributed by atoms with Gasteiger partial charge in [0.05, 0.1) is 11.8 Å². The maximum Gasteiger partial charge on any atom is 0.198 e. The van der Waals surface area contributed by atoms with Crippen LogP contribution in [0.25, 0.3) is 0 Å². The summed E-state index contributed by atoms with van der Waals surface area (Å²) in [5.41, 5.74) is 1.88. The molecule has 0 saturated heterocycles. The Kier molecular flexibility index (Phi) is 4.80. The second kappa shape index (κ2) is 6.56. The molecule has 1 saturated carbocycles. The largest absolute Gasteiger partial charge is 0.360 e. The first kappa shape index (κ1) is 17.5. The van der Waals surface area contributed by atoms with Crippen LogP contribution in [0.1, 0.15) is 66.8 Å². The van der Waals surface area contributed by atoms with Crippen molar-refractivity contribution in [3.05, 3.63) is 51.3 Å². The SMILES string of the molecule is CC(C)(C)S(=O)Cc1cc(Br)ccc1C(=O)c1cnoc1C1CC1. The summed E-state index contributed by atoms with van der Waals surface area (Å²) in [6.07, 6.45) is 3.58. The van der Waals surface area contributed by atoms with Gasteiger partial charge in [-0.05, 0) is 57.4 Å². The first-order chi connectivity index (χ1) is 11.3. The van der Waals surface area contributed by atoms with Crippen molar-refractivity contribution in [3.63, 3.8) is 0 Å². The molecular formula is C18H20BrNO3S. The van der Waals surface area contributed by atoms with Crippen LogP contribution in [0.2, 0.25) is 0 Å². The summed E-state index contributed by atoms with van der Waals surface area (Å²) >= 11 is 3.44. The lowest BCUT2D eigenvalue weighted by atomic mass is 9.99. The number of carbonyl (C=O) groups is 1. The predicted octanol–water partition coefficient (Wildman–Crippen LogP) is 4.59. The molecule has 1 aliphatic carbocycles. The van der Waals surface area contributed by atoms with Gasteiger partial charge in [-0.15, -0.1) is 0 Å². The van der Waals surface area contributed by atoms with E-state index in [1.165, 1.54) is 6.20 Å². The number of hydrogen-bond acceptors (Lipinski definition) is 4. The third-order valence-corrected chi connectivity index (χ3v) is 6.51. The van der Waals surface area contributed by atoms with Crippen molar-refractivity contribution in [2.75, 3.05) is 0 Å². The van der Waals surface area contributed by atoms with Gasteiger partial charge in [-0.1, -0.05) is 21.1 Å². The molecular weight excluding hydrogens is 390 g/mol. The molecule has 1 heterocycles. The Hall–Kier alpha value is -1.27. The van der Waals surface area contributed by atoms with E-state index in [2.05, 4.69) is 21.1 Å². The van der Waals surface area contributed by atoms with E-state index in [1.54, 1.807) is 6.07 Å². The predicted molar refractivity (Wildman–Crippen MR) is 97.7 cm³/mol. The van der Waals surface area contributed by atoms with Crippen LogP contribution < -0.4 is 0 Å². The number of ketones is 1. The topological polar surface area (TPSA) is 60.2 Å². The second-order valence-electron chi connectivity index (χ2n) is 7.11. The maximum absolute atomic E-state index is 13.0. The Morgan fingerprint density at radius 2 is 2.04 bits per heavy atom. The summed E-state index contributed by atoms with van der Waals surface area (Å²) in [6.45, 7) is 5.81. The van der Waals surface area contributed by atoms with E-state index in [1.807, 2.05) is 32.9 Å². The fourth-order valence-electron chi connectivity index (χ4n) is 2.47. The standard InChI is InChI=1S/C18H20BrNO3S/c1-18(2,3)24(22)10-12-8-13(19)6-7-14(12)16(21)15-9-20-23-17(15)11-4-5-11/h6-9,11H,4-5,10H2,1-3H3. The molecule has 1 fully saturated rings. The van der Waals surface area contributed by atoms with E-state index < -0.39 is 10.8 Å². The lowest BCUT2D eigenvalue weighted by molar-refractivity contribution is 0.103. The molecule has 1 aromatic carbocycles.